The second kappa shape index (κ2) is 5.22. The molecule has 20 heavy (non-hydrogen) atoms. The molecule has 5 nitrogen and oxygen atoms in total. The van der Waals surface area contributed by atoms with Crippen LogP contribution in [0, 0.1) is 11.6 Å². The highest BCUT2D eigenvalue weighted by molar-refractivity contribution is 7.89. The van der Waals surface area contributed by atoms with Crippen molar-refractivity contribution < 1.29 is 21.6 Å². The molecule has 1 aromatic heterocycles. The molecular weight excluding hydrogens is 290 g/mol. The van der Waals surface area contributed by atoms with Crippen LogP contribution in [0.1, 0.15) is 5.56 Å². The Morgan fingerprint density at radius 1 is 1.35 bits per heavy atom. The largest absolute Gasteiger partial charge is 0.472 e. The summed E-state index contributed by atoms with van der Waals surface area (Å²) in [5.74, 6) is -2.75. The van der Waals surface area contributed by atoms with Crippen molar-refractivity contribution in [2.45, 2.75) is 11.4 Å². The van der Waals surface area contributed by atoms with Gasteiger partial charge in [-0.2, -0.15) is 4.31 Å². The second-order valence-electron chi connectivity index (χ2n) is 4.21. The lowest BCUT2D eigenvalue weighted by Gasteiger charge is -2.17. The summed E-state index contributed by atoms with van der Waals surface area (Å²) in [5, 5.41) is 0. The summed E-state index contributed by atoms with van der Waals surface area (Å²) in [6, 6.07) is 3.19. The monoisotopic (exact) mass is 302 g/mol. The lowest BCUT2D eigenvalue weighted by atomic mass is 10.3. The maximum absolute atomic E-state index is 13.7. The van der Waals surface area contributed by atoms with Crippen LogP contribution < -0.4 is 5.73 Å². The summed E-state index contributed by atoms with van der Waals surface area (Å²) >= 11 is 0. The van der Waals surface area contributed by atoms with Gasteiger partial charge < -0.3 is 10.2 Å². The Hall–Kier alpha value is -1.93. The van der Waals surface area contributed by atoms with E-state index in [0.29, 0.717) is 5.56 Å². The SMILES string of the molecule is CN(Cc1ccoc1)S(=O)(=O)c1cc(N)cc(F)c1F. The summed E-state index contributed by atoms with van der Waals surface area (Å²) in [6.07, 6.45) is 2.75. The molecule has 0 atom stereocenters. The smallest absolute Gasteiger partial charge is 0.246 e. The third-order valence-corrected chi connectivity index (χ3v) is 4.49. The van der Waals surface area contributed by atoms with E-state index in [1.54, 1.807) is 6.07 Å². The zero-order chi connectivity index (χ0) is 14.9. The van der Waals surface area contributed by atoms with Crippen molar-refractivity contribution in [3.05, 3.63) is 47.9 Å². The Labute approximate surface area is 114 Å². The number of nitrogen functional groups attached to an aromatic ring is 1. The van der Waals surface area contributed by atoms with Gasteiger partial charge in [-0.3, -0.25) is 0 Å². The van der Waals surface area contributed by atoms with Gasteiger partial charge in [0, 0.05) is 24.8 Å². The van der Waals surface area contributed by atoms with E-state index in [2.05, 4.69) is 0 Å². The van der Waals surface area contributed by atoms with E-state index in [1.807, 2.05) is 0 Å². The van der Waals surface area contributed by atoms with Crippen LogP contribution in [0.15, 0.2) is 40.0 Å². The van der Waals surface area contributed by atoms with Crippen LogP contribution in [0.3, 0.4) is 0 Å². The van der Waals surface area contributed by atoms with Gasteiger partial charge in [0.25, 0.3) is 0 Å². The Kier molecular flexibility index (Phi) is 3.78. The molecule has 2 aromatic rings. The number of anilines is 1. The predicted octanol–water partition coefficient (Wildman–Crippen LogP) is 1.96. The molecule has 0 unspecified atom stereocenters. The van der Waals surface area contributed by atoms with Gasteiger partial charge in [0.2, 0.25) is 10.0 Å². The average Bonchev–Trinajstić information content (AvgIpc) is 2.86. The van der Waals surface area contributed by atoms with Crippen molar-refractivity contribution in [1.82, 2.24) is 4.31 Å². The molecule has 2 rings (SSSR count). The first-order valence-electron chi connectivity index (χ1n) is 5.54. The first-order valence-corrected chi connectivity index (χ1v) is 6.98. The number of furan rings is 1. The van der Waals surface area contributed by atoms with Crippen molar-refractivity contribution in [1.29, 1.82) is 0 Å². The maximum Gasteiger partial charge on any atom is 0.246 e. The first kappa shape index (κ1) is 14.5. The van der Waals surface area contributed by atoms with Gasteiger partial charge in [0.1, 0.15) is 4.90 Å². The highest BCUT2D eigenvalue weighted by atomic mass is 32.2. The minimum absolute atomic E-state index is 0.0330. The number of sulfonamides is 1. The van der Waals surface area contributed by atoms with Crippen LogP contribution in [0.5, 0.6) is 0 Å². The molecule has 0 aliphatic carbocycles. The normalized spacial score (nSPS) is 12.0. The third kappa shape index (κ3) is 2.66. The molecule has 108 valence electrons. The number of hydrogen-bond donors (Lipinski definition) is 1. The molecule has 1 heterocycles. The molecule has 0 aliphatic heterocycles. The van der Waals surface area contributed by atoms with Crippen molar-refractivity contribution in [2.75, 3.05) is 12.8 Å². The first-order chi connectivity index (χ1) is 9.32. The third-order valence-electron chi connectivity index (χ3n) is 2.69. The molecule has 0 radical (unpaired) electrons. The lowest BCUT2D eigenvalue weighted by molar-refractivity contribution is 0.446. The molecule has 1 aromatic carbocycles. The molecular formula is C12H12F2N2O3S. The summed E-state index contributed by atoms with van der Waals surface area (Å²) in [4.78, 5) is -0.791. The van der Waals surface area contributed by atoms with E-state index in [0.717, 1.165) is 16.4 Å². The van der Waals surface area contributed by atoms with Crippen LogP contribution in [-0.4, -0.2) is 19.8 Å². The number of nitrogens with zero attached hydrogens (tertiary/aromatic N) is 1. The summed E-state index contributed by atoms with van der Waals surface area (Å²) < 4.78 is 57.1. The van der Waals surface area contributed by atoms with Crippen molar-refractivity contribution in [3.8, 4) is 0 Å². The molecule has 8 heteroatoms. The minimum Gasteiger partial charge on any atom is -0.472 e. The molecule has 0 saturated carbocycles. The Morgan fingerprint density at radius 3 is 2.65 bits per heavy atom. The fraction of sp³-hybridized carbons (Fsp3) is 0.167. The standard InChI is InChI=1S/C12H12F2N2O3S/c1-16(6-8-2-3-19-7-8)20(17,18)11-5-9(15)4-10(13)12(11)14/h2-5,7H,6,15H2,1H3. The Morgan fingerprint density at radius 2 is 2.05 bits per heavy atom. The van der Waals surface area contributed by atoms with Crippen LogP contribution in [0.2, 0.25) is 0 Å². The fourth-order valence-electron chi connectivity index (χ4n) is 1.66. The van der Waals surface area contributed by atoms with Crippen molar-refractivity contribution >= 4 is 15.7 Å². The Balaban J connectivity index is 2.40. The van der Waals surface area contributed by atoms with Gasteiger partial charge in [0.15, 0.2) is 11.6 Å². The Bertz CT molecular complexity index is 715. The van der Waals surface area contributed by atoms with Gasteiger partial charge in [-0.25, -0.2) is 17.2 Å². The predicted molar refractivity (Wildman–Crippen MR) is 68.1 cm³/mol. The van der Waals surface area contributed by atoms with Crippen LogP contribution in [0.4, 0.5) is 14.5 Å². The minimum atomic E-state index is -4.19. The van der Waals surface area contributed by atoms with E-state index in [9.17, 15) is 17.2 Å². The van der Waals surface area contributed by atoms with Crippen LogP contribution in [0.25, 0.3) is 0 Å². The molecule has 0 aliphatic rings. The molecule has 2 N–H and O–H groups in total. The van der Waals surface area contributed by atoms with E-state index < -0.39 is 26.6 Å². The number of halogens is 2. The lowest BCUT2D eigenvalue weighted by Crippen LogP contribution is -2.27. The van der Waals surface area contributed by atoms with Gasteiger partial charge in [-0.05, 0) is 18.2 Å². The van der Waals surface area contributed by atoms with E-state index in [-0.39, 0.29) is 12.2 Å². The summed E-state index contributed by atoms with van der Waals surface area (Å²) in [7, 11) is -2.94. The van der Waals surface area contributed by atoms with E-state index in [4.69, 9.17) is 10.2 Å². The van der Waals surface area contributed by atoms with Crippen LogP contribution >= 0.6 is 0 Å². The molecule has 0 amide bonds. The fourth-order valence-corrected chi connectivity index (χ4v) is 2.93. The summed E-state index contributed by atoms with van der Waals surface area (Å²) in [6.45, 7) is -0.0330. The van der Waals surface area contributed by atoms with Crippen LogP contribution in [-0.2, 0) is 16.6 Å². The van der Waals surface area contributed by atoms with Crippen molar-refractivity contribution in [2.24, 2.45) is 0 Å². The molecule has 0 saturated heterocycles. The molecule has 0 fully saturated rings. The highest BCUT2D eigenvalue weighted by Crippen LogP contribution is 2.24. The van der Waals surface area contributed by atoms with Gasteiger partial charge >= 0.3 is 0 Å². The zero-order valence-electron chi connectivity index (χ0n) is 10.5. The number of hydrogen-bond acceptors (Lipinski definition) is 4. The number of rotatable bonds is 4. The summed E-state index contributed by atoms with van der Waals surface area (Å²) in [5.41, 5.74) is 5.77. The quantitative estimate of drug-likeness (QED) is 0.876. The second-order valence-corrected chi connectivity index (χ2v) is 6.22. The molecule has 0 bridgehead atoms. The topological polar surface area (TPSA) is 76.5 Å². The number of benzene rings is 1. The van der Waals surface area contributed by atoms with Crippen molar-refractivity contribution in [3.63, 3.8) is 0 Å². The van der Waals surface area contributed by atoms with Gasteiger partial charge in [-0.15, -0.1) is 0 Å². The van der Waals surface area contributed by atoms with Gasteiger partial charge in [-0.1, -0.05) is 0 Å². The molecule has 0 spiro atoms. The van der Waals surface area contributed by atoms with Gasteiger partial charge in [0.05, 0.1) is 12.5 Å². The highest BCUT2D eigenvalue weighted by Gasteiger charge is 2.27. The van der Waals surface area contributed by atoms with E-state index in [1.165, 1.54) is 19.6 Å². The average molecular weight is 302 g/mol. The zero-order valence-corrected chi connectivity index (χ0v) is 11.3. The number of nitrogens with two attached hydrogens (primary N) is 1. The maximum atomic E-state index is 13.7. The van der Waals surface area contributed by atoms with E-state index >= 15 is 0 Å².